The molecule has 0 saturated carbocycles. The molecule has 1 rings (SSSR count). The van der Waals surface area contributed by atoms with Crippen molar-refractivity contribution in [3.8, 4) is 0 Å². The molecule has 2 nitrogen and oxygen atoms in total. The number of nitrogens with zero attached hydrogens (tertiary/aromatic N) is 1. The summed E-state index contributed by atoms with van der Waals surface area (Å²) in [4.78, 5) is 4.25. The number of nitrogens with one attached hydrogen (secondary N) is 1. The minimum Gasteiger partial charge on any atom is -0.259 e. The van der Waals surface area contributed by atoms with Gasteiger partial charge in [0.25, 0.3) is 0 Å². The van der Waals surface area contributed by atoms with Crippen LogP contribution >= 0.6 is 11.9 Å². The molecule has 1 aromatic rings. The molecule has 0 saturated heterocycles. The van der Waals surface area contributed by atoms with Crippen molar-refractivity contribution in [2.45, 2.75) is 63.3 Å². The fourth-order valence-electron chi connectivity index (χ4n) is 1.86. The first kappa shape index (κ1) is 15.5. The first-order chi connectivity index (χ1) is 8.93. The van der Waals surface area contributed by atoms with Gasteiger partial charge in [-0.2, -0.15) is 0 Å². The summed E-state index contributed by atoms with van der Waals surface area (Å²) < 4.78 is 3.37. The Kier molecular flexibility index (Phi) is 9.95. The summed E-state index contributed by atoms with van der Waals surface area (Å²) in [6.45, 7) is 3.35. The molecular weight excluding hydrogens is 240 g/mol. The van der Waals surface area contributed by atoms with Crippen LogP contribution in [0.1, 0.15) is 58.3 Å². The van der Waals surface area contributed by atoms with Crippen molar-refractivity contribution in [2.75, 3.05) is 6.54 Å². The zero-order chi connectivity index (χ0) is 12.9. The minimum atomic E-state index is 1.05. The molecule has 0 amide bonds. The third-order valence-electron chi connectivity index (χ3n) is 2.95. The van der Waals surface area contributed by atoms with Gasteiger partial charge in [0.15, 0.2) is 0 Å². The van der Waals surface area contributed by atoms with Crippen LogP contribution in [0.15, 0.2) is 29.4 Å². The number of rotatable bonds is 11. The van der Waals surface area contributed by atoms with E-state index in [1.807, 2.05) is 24.4 Å². The van der Waals surface area contributed by atoms with Crippen LogP contribution in [-0.2, 0) is 0 Å². The average Bonchev–Trinajstić information content (AvgIpc) is 2.42. The van der Waals surface area contributed by atoms with Gasteiger partial charge in [-0.3, -0.25) is 4.72 Å². The molecule has 0 spiro atoms. The molecule has 0 fully saturated rings. The first-order valence-electron chi connectivity index (χ1n) is 7.24. The summed E-state index contributed by atoms with van der Waals surface area (Å²) in [6, 6.07) is 6.00. The standard InChI is InChI=1S/C15H26N2S/c1-2-3-4-5-6-7-8-10-14-17-18-15-12-9-11-13-16-15/h9,11-13,17H,2-8,10,14H2,1H3. The van der Waals surface area contributed by atoms with Crippen LogP contribution < -0.4 is 4.72 Å². The van der Waals surface area contributed by atoms with Gasteiger partial charge in [0.1, 0.15) is 5.03 Å². The molecule has 1 aromatic heterocycles. The number of hydrogen-bond donors (Lipinski definition) is 1. The van der Waals surface area contributed by atoms with Gasteiger partial charge in [0.05, 0.1) is 0 Å². The van der Waals surface area contributed by atoms with Gasteiger partial charge >= 0.3 is 0 Å². The number of aromatic nitrogens is 1. The average molecular weight is 266 g/mol. The van der Waals surface area contributed by atoms with Crippen molar-refractivity contribution >= 4 is 11.9 Å². The highest BCUT2D eigenvalue weighted by Gasteiger charge is 1.94. The Hall–Kier alpha value is -0.540. The molecular formula is C15H26N2S. The van der Waals surface area contributed by atoms with E-state index in [0.717, 1.165) is 11.6 Å². The topological polar surface area (TPSA) is 24.9 Å². The lowest BCUT2D eigenvalue weighted by molar-refractivity contribution is 0.575. The van der Waals surface area contributed by atoms with Crippen molar-refractivity contribution in [1.29, 1.82) is 0 Å². The molecule has 0 aliphatic carbocycles. The van der Waals surface area contributed by atoms with Gasteiger partial charge in [-0.1, -0.05) is 57.9 Å². The van der Waals surface area contributed by atoms with Crippen LogP contribution in [0.2, 0.25) is 0 Å². The Bertz CT molecular complexity index is 277. The smallest absolute Gasteiger partial charge is 0.111 e. The van der Waals surface area contributed by atoms with Gasteiger partial charge in [0.2, 0.25) is 0 Å². The van der Waals surface area contributed by atoms with E-state index in [9.17, 15) is 0 Å². The third kappa shape index (κ3) is 8.54. The molecule has 0 aliphatic rings. The molecule has 0 bridgehead atoms. The molecule has 0 aliphatic heterocycles. The Labute approximate surface area is 116 Å². The highest BCUT2D eigenvalue weighted by Crippen LogP contribution is 2.11. The Morgan fingerprint density at radius 2 is 1.72 bits per heavy atom. The molecule has 1 heterocycles. The molecule has 0 radical (unpaired) electrons. The van der Waals surface area contributed by atoms with Crippen molar-refractivity contribution in [3.63, 3.8) is 0 Å². The summed E-state index contributed by atoms with van der Waals surface area (Å²) in [6.07, 6.45) is 12.8. The zero-order valence-corrected chi connectivity index (χ0v) is 12.3. The van der Waals surface area contributed by atoms with Crippen molar-refractivity contribution in [3.05, 3.63) is 24.4 Å². The maximum atomic E-state index is 4.25. The normalized spacial score (nSPS) is 10.7. The summed E-state index contributed by atoms with van der Waals surface area (Å²) in [5.74, 6) is 0. The Morgan fingerprint density at radius 3 is 2.39 bits per heavy atom. The molecule has 18 heavy (non-hydrogen) atoms. The maximum Gasteiger partial charge on any atom is 0.111 e. The quantitative estimate of drug-likeness (QED) is 0.459. The summed E-state index contributed by atoms with van der Waals surface area (Å²) in [7, 11) is 0. The van der Waals surface area contributed by atoms with Crippen molar-refractivity contribution in [2.24, 2.45) is 0 Å². The number of pyridine rings is 1. The lowest BCUT2D eigenvalue weighted by Crippen LogP contribution is -2.05. The molecule has 102 valence electrons. The maximum absolute atomic E-state index is 4.25. The lowest BCUT2D eigenvalue weighted by Gasteiger charge is -2.03. The van der Waals surface area contributed by atoms with E-state index in [-0.39, 0.29) is 0 Å². The highest BCUT2D eigenvalue weighted by molar-refractivity contribution is 7.97. The molecule has 1 N–H and O–H groups in total. The van der Waals surface area contributed by atoms with Crippen molar-refractivity contribution in [1.82, 2.24) is 9.71 Å². The molecule has 0 atom stereocenters. The third-order valence-corrected chi connectivity index (χ3v) is 3.75. The lowest BCUT2D eigenvalue weighted by atomic mass is 10.1. The fraction of sp³-hybridized carbons (Fsp3) is 0.667. The van der Waals surface area contributed by atoms with Crippen LogP contribution in [-0.4, -0.2) is 11.5 Å². The summed E-state index contributed by atoms with van der Waals surface area (Å²) in [5.41, 5.74) is 0. The second-order valence-corrected chi connectivity index (χ2v) is 5.55. The van der Waals surface area contributed by atoms with Crippen LogP contribution in [0.4, 0.5) is 0 Å². The van der Waals surface area contributed by atoms with Crippen LogP contribution in [0.25, 0.3) is 0 Å². The Morgan fingerprint density at radius 1 is 1.00 bits per heavy atom. The number of unbranched alkanes of at least 4 members (excludes halogenated alkanes) is 7. The second kappa shape index (κ2) is 11.5. The van der Waals surface area contributed by atoms with E-state index in [2.05, 4.69) is 16.6 Å². The highest BCUT2D eigenvalue weighted by atomic mass is 32.2. The van der Waals surface area contributed by atoms with E-state index in [1.165, 1.54) is 51.4 Å². The SMILES string of the molecule is CCCCCCCCCCNSc1ccccn1. The zero-order valence-electron chi connectivity index (χ0n) is 11.5. The molecule has 3 heteroatoms. The van der Waals surface area contributed by atoms with E-state index in [0.29, 0.717) is 0 Å². The van der Waals surface area contributed by atoms with Gasteiger partial charge in [-0.05, 0) is 30.5 Å². The summed E-state index contributed by atoms with van der Waals surface area (Å²) in [5, 5.41) is 1.05. The fourth-order valence-corrected chi connectivity index (χ4v) is 2.52. The van der Waals surface area contributed by atoms with E-state index >= 15 is 0 Å². The molecule has 0 aromatic carbocycles. The van der Waals surface area contributed by atoms with E-state index in [4.69, 9.17) is 0 Å². The van der Waals surface area contributed by atoms with Crippen LogP contribution in [0.5, 0.6) is 0 Å². The Balaban J connectivity index is 1.82. The predicted molar refractivity (Wildman–Crippen MR) is 80.7 cm³/mol. The minimum absolute atomic E-state index is 1.05. The van der Waals surface area contributed by atoms with E-state index in [1.54, 1.807) is 11.9 Å². The van der Waals surface area contributed by atoms with E-state index < -0.39 is 0 Å². The largest absolute Gasteiger partial charge is 0.259 e. The van der Waals surface area contributed by atoms with Gasteiger partial charge in [0, 0.05) is 12.7 Å². The van der Waals surface area contributed by atoms with Crippen LogP contribution in [0, 0.1) is 0 Å². The first-order valence-corrected chi connectivity index (χ1v) is 8.06. The monoisotopic (exact) mass is 266 g/mol. The second-order valence-electron chi connectivity index (χ2n) is 4.64. The summed E-state index contributed by atoms with van der Waals surface area (Å²) >= 11 is 1.63. The number of hydrogen-bond acceptors (Lipinski definition) is 3. The van der Waals surface area contributed by atoms with Crippen molar-refractivity contribution < 1.29 is 0 Å². The molecule has 0 unspecified atom stereocenters. The predicted octanol–water partition coefficient (Wildman–Crippen LogP) is 4.82. The van der Waals surface area contributed by atoms with Gasteiger partial charge < -0.3 is 0 Å². The van der Waals surface area contributed by atoms with Gasteiger partial charge in [-0.25, -0.2) is 4.98 Å². The van der Waals surface area contributed by atoms with Gasteiger partial charge in [-0.15, -0.1) is 0 Å². The van der Waals surface area contributed by atoms with Crippen LogP contribution in [0.3, 0.4) is 0 Å².